The first-order chi connectivity index (χ1) is 12.9. The van der Waals surface area contributed by atoms with E-state index in [0.717, 1.165) is 11.2 Å². The molecule has 0 spiro atoms. The molecular weight excluding hydrogens is 348 g/mol. The van der Waals surface area contributed by atoms with Gasteiger partial charge in [-0.3, -0.25) is 9.59 Å². The van der Waals surface area contributed by atoms with Crippen LogP contribution in [0.3, 0.4) is 0 Å². The van der Waals surface area contributed by atoms with E-state index in [1.165, 1.54) is 0 Å². The maximum Gasteiger partial charge on any atom is 0.323 e. The number of oxazole rings is 1. The zero-order chi connectivity index (χ0) is 19.4. The highest BCUT2D eigenvalue weighted by Crippen LogP contribution is 2.20. The number of amides is 1. The lowest BCUT2D eigenvalue weighted by molar-refractivity contribution is -0.135. The van der Waals surface area contributed by atoms with E-state index in [9.17, 15) is 9.59 Å². The van der Waals surface area contributed by atoms with E-state index in [4.69, 9.17) is 15.3 Å². The lowest BCUT2D eigenvalue weighted by Gasteiger charge is -2.23. The monoisotopic (exact) mass is 368 g/mol. The molecule has 0 fully saturated rings. The summed E-state index contributed by atoms with van der Waals surface area (Å²) in [6.45, 7) is 2.61. The van der Waals surface area contributed by atoms with Gasteiger partial charge in [-0.2, -0.15) is 0 Å². The van der Waals surface area contributed by atoms with Crippen molar-refractivity contribution in [2.75, 3.05) is 29.9 Å². The second kappa shape index (κ2) is 7.77. The van der Waals surface area contributed by atoms with Crippen LogP contribution in [-0.2, 0) is 4.79 Å². The van der Waals surface area contributed by atoms with Gasteiger partial charge in [-0.25, -0.2) is 4.98 Å². The molecule has 3 rings (SSSR count). The number of nitrogens with two attached hydrogens (primary N) is 1. The van der Waals surface area contributed by atoms with E-state index in [0.29, 0.717) is 35.8 Å². The van der Waals surface area contributed by atoms with Crippen molar-refractivity contribution >= 4 is 34.4 Å². The van der Waals surface area contributed by atoms with Gasteiger partial charge in [-0.15, -0.1) is 0 Å². The fourth-order valence-electron chi connectivity index (χ4n) is 2.78. The van der Waals surface area contributed by atoms with E-state index >= 15 is 0 Å². The molecule has 0 saturated carbocycles. The number of aromatic nitrogens is 1. The van der Waals surface area contributed by atoms with E-state index in [-0.39, 0.29) is 6.54 Å². The third-order valence-electron chi connectivity index (χ3n) is 4.05. The number of benzene rings is 2. The molecule has 0 bridgehead atoms. The molecule has 8 heteroatoms. The van der Waals surface area contributed by atoms with Crippen molar-refractivity contribution in [3.63, 3.8) is 0 Å². The Bertz CT molecular complexity index is 966. The number of anilines is 2. The van der Waals surface area contributed by atoms with E-state index < -0.39 is 11.9 Å². The molecule has 8 nitrogen and oxygen atoms in total. The number of carbonyl (C=O) groups excluding carboxylic acids is 1. The number of carboxylic acid groups (broad SMARTS) is 1. The number of nitrogens with one attached hydrogen (secondary N) is 1. The highest BCUT2D eigenvalue weighted by molar-refractivity contribution is 5.93. The normalized spacial score (nSPS) is 10.7. The zero-order valence-corrected chi connectivity index (χ0v) is 14.8. The maximum atomic E-state index is 11.2. The summed E-state index contributed by atoms with van der Waals surface area (Å²) in [5.74, 6) is -0.854. The van der Waals surface area contributed by atoms with Crippen molar-refractivity contribution in [1.82, 2.24) is 4.98 Å². The maximum absolute atomic E-state index is 11.2. The van der Waals surface area contributed by atoms with Crippen LogP contribution in [0.2, 0.25) is 0 Å². The summed E-state index contributed by atoms with van der Waals surface area (Å²) in [6.07, 6.45) is 0. The first kappa shape index (κ1) is 18.2. The van der Waals surface area contributed by atoms with Crippen molar-refractivity contribution < 1.29 is 19.1 Å². The molecule has 4 N–H and O–H groups in total. The minimum atomic E-state index is -0.937. The van der Waals surface area contributed by atoms with Crippen molar-refractivity contribution in [3.8, 4) is 0 Å². The van der Waals surface area contributed by atoms with Gasteiger partial charge in [0.2, 0.25) is 5.91 Å². The minimum Gasteiger partial charge on any atom is -0.480 e. The largest absolute Gasteiger partial charge is 0.480 e. The van der Waals surface area contributed by atoms with E-state index in [1.807, 2.05) is 18.2 Å². The summed E-state index contributed by atoms with van der Waals surface area (Å²) in [5, 5.41) is 12.4. The third kappa shape index (κ3) is 4.55. The molecule has 1 amide bonds. The van der Waals surface area contributed by atoms with Crippen molar-refractivity contribution in [2.45, 2.75) is 6.92 Å². The standard InChI is InChI=1S/C19H20N4O4/c1-12-22-16-7-4-14(10-17(16)27-12)21-8-9-23(11-18(24)25)15-5-2-13(3-6-15)19(20)26/h2-7,10,21H,8-9,11H2,1H3,(H2,20,26)(H,24,25). The van der Waals surface area contributed by atoms with Gasteiger partial charge in [-0.1, -0.05) is 0 Å². The molecule has 1 aromatic heterocycles. The summed E-state index contributed by atoms with van der Waals surface area (Å²) in [7, 11) is 0. The van der Waals surface area contributed by atoms with Crippen molar-refractivity contribution in [1.29, 1.82) is 0 Å². The Morgan fingerprint density at radius 2 is 1.96 bits per heavy atom. The van der Waals surface area contributed by atoms with Crippen molar-refractivity contribution in [3.05, 3.63) is 53.9 Å². The first-order valence-corrected chi connectivity index (χ1v) is 8.40. The quantitative estimate of drug-likeness (QED) is 0.557. The number of primary amides is 1. The molecular formula is C19H20N4O4. The third-order valence-corrected chi connectivity index (χ3v) is 4.05. The van der Waals surface area contributed by atoms with Crippen LogP contribution in [0, 0.1) is 6.92 Å². The van der Waals surface area contributed by atoms with Gasteiger partial charge in [-0.05, 0) is 36.4 Å². The second-order valence-corrected chi connectivity index (χ2v) is 6.07. The van der Waals surface area contributed by atoms with Crippen LogP contribution >= 0.6 is 0 Å². The van der Waals surface area contributed by atoms with Crippen LogP contribution in [0.4, 0.5) is 11.4 Å². The van der Waals surface area contributed by atoms with E-state index in [2.05, 4.69) is 10.3 Å². The van der Waals surface area contributed by atoms with Crippen LogP contribution < -0.4 is 16.0 Å². The summed E-state index contributed by atoms with van der Waals surface area (Å²) in [6, 6.07) is 12.2. The fraction of sp³-hybridized carbons (Fsp3) is 0.211. The molecule has 0 atom stereocenters. The fourth-order valence-corrected chi connectivity index (χ4v) is 2.78. The predicted molar refractivity (Wildman–Crippen MR) is 102 cm³/mol. The molecule has 0 aliphatic carbocycles. The molecule has 140 valence electrons. The van der Waals surface area contributed by atoms with Gasteiger partial charge < -0.3 is 25.5 Å². The number of carbonyl (C=O) groups is 2. The average Bonchev–Trinajstić information content (AvgIpc) is 3.00. The number of fused-ring (bicyclic) bond motifs is 1. The SMILES string of the molecule is Cc1nc2ccc(NCCN(CC(=O)O)c3ccc(C(N)=O)cc3)cc2o1. The Morgan fingerprint density at radius 1 is 1.22 bits per heavy atom. The van der Waals surface area contributed by atoms with Gasteiger partial charge in [0.15, 0.2) is 11.5 Å². The lowest BCUT2D eigenvalue weighted by Crippen LogP contribution is -2.34. The van der Waals surface area contributed by atoms with Crippen LogP contribution in [0.5, 0.6) is 0 Å². The van der Waals surface area contributed by atoms with Crippen molar-refractivity contribution in [2.24, 2.45) is 5.73 Å². The smallest absolute Gasteiger partial charge is 0.323 e. The Balaban J connectivity index is 1.66. The summed E-state index contributed by atoms with van der Waals surface area (Å²) >= 11 is 0. The number of carboxylic acids is 1. The summed E-state index contributed by atoms with van der Waals surface area (Å²) in [5.41, 5.74) is 8.66. The molecule has 0 aliphatic rings. The zero-order valence-electron chi connectivity index (χ0n) is 14.8. The first-order valence-electron chi connectivity index (χ1n) is 8.40. The Kier molecular flexibility index (Phi) is 5.25. The minimum absolute atomic E-state index is 0.155. The highest BCUT2D eigenvalue weighted by atomic mass is 16.4. The molecule has 0 unspecified atom stereocenters. The highest BCUT2D eigenvalue weighted by Gasteiger charge is 2.12. The molecule has 27 heavy (non-hydrogen) atoms. The second-order valence-electron chi connectivity index (χ2n) is 6.07. The predicted octanol–water partition coefficient (Wildman–Crippen LogP) is 2.24. The number of rotatable bonds is 8. The summed E-state index contributed by atoms with van der Waals surface area (Å²) < 4.78 is 5.51. The Labute approximate surface area is 155 Å². The van der Waals surface area contributed by atoms with Crippen LogP contribution in [0.25, 0.3) is 11.1 Å². The number of hydrogen-bond acceptors (Lipinski definition) is 6. The molecule has 1 heterocycles. The average molecular weight is 368 g/mol. The van der Waals surface area contributed by atoms with Crippen LogP contribution in [-0.4, -0.2) is 41.6 Å². The molecule has 0 radical (unpaired) electrons. The van der Waals surface area contributed by atoms with Gasteiger partial charge in [0, 0.05) is 43.0 Å². The lowest BCUT2D eigenvalue weighted by atomic mass is 10.2. The van der Waals surface area contributed by atoms with E-state index in [1.54, 1.807) is 36.1 Å². The van der Waals surface area contributed by atoms with Crippen LogP contribution in [0.1, 0.15) is 16.2 Å². The van der Waals surface area contributed by atoms with Gasteiger partial charge in [0.05, 0.1) is 0 Å². The number of nitrogens with zero attached hydrogens (tertiary/aromatic N) is 2. The van der Waals surface area contributed by atoms with Gasteiger partial charge >= 0.3 is 5.97 Å². The molecule has 3 aromatic rings. The molecule has 0 saturated heterocycles. The van der Waals surface area contributed by atoms with Gasteiger partial charge in [0.1, 0.15) is 12.1 Å². The number of aryl methyl sites for hydroxylation is 1. The van der Waals surface area contributed by atoms with Crippen LogP contribution in [0.15, 0.2) is 46.9 Å². The topological polar surface area (TPSA) is 122 Å². The Morgan fingerprint density at radius 3 is 2.63 bits per heavy atom. The summed E-state index contributed by atoms with van der Waals surface area (Å²) in [4.78, 5) is 28.3. The number of aliphatic carboxylic acids is 1. The van der Waals surface area contributed by atoms with Gasteiger partial charge in [0.25, 0.3) is 0 Å². The molecule has 0 aliphatic heterocycles. The Hall–Kier alpha value is -3.55. The number of hydrogen-bond donors (Lipinski definition) is 3. The molecule has 2 aromatic carbocycles.